The van der Waals surface area contributed by atoms with Crippen molar-refractivity contribution in [1.82, 2.24) is 15.5 Å². The van der Waals surface area contributed by atoms with Gasteiger partial charge in [0.25, 0.3) is 11.1 Å². The zero-order valence-electron chi connectivity index (χ0n) is 17.4. The average Bonchev–Trinajstić information content (AvgIpc) is 3.26. The highest BCUT2D eigenvalue weighted by molar-refractivity contribution is 7.98. The van der Waals surface area contributed by atoms with Gasteiger partial charge in [-0.3, -0.25) is 9.59 Å². The van der Waals surface area contributed by atoms with Crippen molar-refractivity contribution in [2.24, 2.45) is 0 Å². The molecule has 0 fully saturated rings. The molecule has 0 atom stereocenters. The van der Waals surface area contributed by atoms with Crippen molar-refractivity contribution in [2.75, 3.05) is 11.6 Å². The van der Waals surface area contributed by atoms with Crippen LogP contribution in [0, 0.1) is 0 Å². The summed E-state index contributed by atoms with van der Waals surface area (Å²) in [5, 5.41) is 13.7. The lowest BCUT2D eigenvalue weighted by molar-refractivity contribution is -0.697. The number of nitrogens with one attached hydrogen (secondary N) is 2. The number of rotatable bonds is 11. The number of aromatic nitrogens is 3. The molecular weight excluding hydrogens is 414 g/mol. The molecule has 31 heavy (non-hydrogen) atoms. The molecule has 3 rings (SSSR count). The summed E-state index contributed by atoms with van der Waals surface area (Å²) in [5.74, 6) is -0.0957. The standard InChI is InChI=1S/C22H25N5O3S/c1-31-22-26-25-20(30-22)16-23-21(29)17-10-5-6-11-18(17)24-19(28)12-4-2-7-13-27-14-8-3-9-15-27/h3,5-6,8-11,14-15H,2,4,7,12-13,16H2,1H3,(H-,23,24,28,29)/p+1. The molecule has 0 saturated carbocycles. The first-order valence-electron chi connectivity index (χ1n) is 10.1. The SMILES string of the molecule is CSc1nnc(CNC(=O)c2ccccc2NC(=O)CCCCC[n+]2ccccc2)o1. The quantitative estimate of drug-likeness (QED) is 0.270. The summed E-state index contributed by atoms with van der Waals surface area (Å²) in [6.45, 7) is 1.05. The number of anilines is 1. The lowest BCUT2D eigenvalue weighted by Crippen LogP contribution is -2.32. The fraction of sp³-hybridized carbons (Fsp3) is 0.318. The van der Waals surface area contributed by atoms with Crippen molar-refractivity contribution in [2.45, 2.75) is 44.0 Å². The van der Waals surface area contributed by atoms with E-state index >= 15 is 0 Å². The molecule has 3 aromatic rings. The lowest BCUT2D eigenvalue weighted by Gasteiger charge is -2.11. The number of benzene rings is 1. The van der Waals surface area contributed by atoms with Crippen molar-refractivity contribution in [1.29, 1.82) is 0 Å². The smallest absolute Gasteiger partial charge is 0.276 e. The van der Waals surface area contributed by atoms with Crippen LogP contribution in [-0.4, -0.2) is 28.3 Å². The van der Waals surface area contributed by atoms with Gasteiger partial charge in [0, 0.05) is 25.0 Å². The summed E-state index contributed by atoms with van der Waals surface area (Å²) in [4.78, 5) is 24.9. The van der Waals surface area contributed by atoms with Crippen molar-refractivity contribution < 1.29 is 18.6 Å². The summed E-state index contributed by atoms with van der Waals surface area (Å²) in [7, 11) is 0. The number of carbonyl (C=O) groups is 2. The zero-order valence-corrected chi connectivity index (χ0v) is 18.2. The molecule has 2 N–H and O–H groups in total. The van der Waals surface area contributed by atoms with Crippen LogP contribution in [-0.2, 0) is 17.9 Å². The summed E-state index contributed by atoms with van der Waals surface area (Å²) >= 11 is 1.34. The van der Waals surface area contributed by atoms with E-state index in [2.05, 4.69) is 25.4 Å². The third kappa shape index (κ3) is 7.21. The van der Waals surface area contributed by atoms with Crippen LogP contribution in [0.5, 0.6) is 0 Å². The molecule has 0 radical (unpaired) electrons. The number of para-hydroxylation sites is 1. The maximum absolute atomic E-state index is 12.6. The normalized spacial score (nSPS) is 10.6. The van der Waals surface area contributed by atoms with Gasteiger partial charge in [-0.05, 0) is 31.2 Å². The van der Waals surface area contributed by atoms with E-state index in [0.717, 1.165) is 25.8 Å². The summed E-state index contributed by atoms with van der Waals surface area (Å²) in [6, 6.07) is 12.9. The number of pyridine rings is 1. The Labute approximate surface area is 185 Å². The topological polar surface area (TPSA) is 101 Å². The average molecular weight is 441 g/mol. The Morgan fingerprint density at radius 1 is 1.03 bits per heavy atom. The number of unbranched alkanes of at least 4 members (excludes halogenated alkanes) is 2. The van der Waals surface area contributed by atoms with Gasteiger partial charge in [-0.15, -0.1) is 10.2 Å². The molecule has 162 valence electrons. The largest absolute Gasteiger partial charge is 0.414 e. The maximum atomic E-state index is 12.6. The number of hydrogen-bond acceptors (Lipinski definition) is 6. The number of hydrogen-bond donors (Lipinski definition) is 2. The Bertz CT molecular complexity index is 994. The highest BCUT2D eigenvalue weighted by atomic mass is 32.2. The van der Waals surface area contributed by atoms with Crippen LogP contribution in [0.15, 0.2) is 64.5 Å². The third-order valence-electron chi connectivity index (χ3n) is 4.57. The molecule has 0 bridgehead atoms. The van der Waals surface area contributed by atoms with Crippen LogP contribution in [0.1, 0.15) is 41.9 Å². The first-order chi connectivity index (χ1) is 15.2. The molecule has 8 nitrogen and oxygen atoms in total. The van der Waals surface area contributed by atoms with E-state index in [-0.39, 0.29) is 18.4 Å². The molecule has 0 aliphatic heterocycles. The molecule has 2 heterocycles. The second-order valence-electron chi connectivity index (χ2n) is 6.87. The second-order valence-corrected chi connectivity index (χ2v) is 7.62. The van der Waals surface area contributed by atoms with Gasteiger partial charge in [-0.25, -0.2) is 4.57 Å². The van der Waals surface area contributed by atoms with Crippen LogP contribution in [0.3, 0.4) is 0 Å². The van der Waals surface area contributed by atoms with Crippen LogP contribution < -0.4 is 15.2 Å². The molecule has 0 aliphatic carbocycles. The van der Waals surface area contributed by atoms with E-state index in [1.165, 1.54) is 11.8 Å². The lowest BCUT2D eigenvalue weighted by atomic mass is 10.1. The van der Waals surface area contributed by atoms with Gasteiger partial charge in [0.05, 0.1) is 17.8 Å². The van der Waals surface area contributed by atoms with Crippen LogP contribution in [0.2, 0.25) is 0 Å². The van der Waals surface area contributed by atoms with E-state index in [9.17, 15) is 9.59 Å². The Kier molecular flexibility index (Phi) is 8.59. The second kappa shape index (κ2) is 11.8. The van der Waals surface area contributed by atoms with E-state index in [1.54, 1.807) is 24.3 Å². The minimum absolute atomic E-state index is 0.103. The van der Waals surface area contributed by atoms with Gasteiger partial charge in [0.2, 0.25) is 11.8 Å². The molecule has 2 aromatic heterocycles. The molecule has 0 unspecified atom stereocenters. The Balaban J connectivity index is 1.44. The van der Waals surface area contributed by atoms with Crippen molar-refractivity contribution >= 4 is 29.3 Å². The van der Waals surface area contributed by atoms with Gasteiger partial charge in [-0.1, -0.05) is 30.0 Å². The van der Waals surface area contributed by atoms with E-state index in [4.69, 9.17) is 4.42 Å². The van der Waals surface area contributed by atoms with Gasteiger partial charge < -0.3 is 15.1 Å². The number of amides is 2. The van der Waals surface area contributed by atoms with Crippen LogP contribution in [0.4, 0.5) is 5.69 Å². The summed E-state index contributed by atoms with van der Waals surface area (Å²) < 4.78 is 7.49. The van der Waals surface area contributed by atoms with E-state index in [0.29, 0.717) is 28.8 Å². The highest BCUT2D eigenvalue weighted by Crippen LogP contribution is 2.16. The van der Waals surface area contributed by atoms with E-state index in [1.807, 2.05) is 36.8 Å². The minimum Gasteiger partial charge on any atom is -0.414 e. The molecule has 0 spiro atoms. The fourth-order valence-corrected chi connectivity index (χ4v) is 3.29. The first-order valence-corrected chi connectivity index (χ1v) is 11.4. The predicted molar refractivity (Wildman–Crippen MR) is 117 cm³/mol. The number of carbonyl (C=O) groups excluding carboxylic acids is 2. The van der Waals surface area contributed by atoms with Crippen LogP contribution >= 0.6 is 11.8 Å². The summed E-state index contributed by atoms with van der Waals surface area (Å²) in [5.41, 5.74) is 0.876. The fourth-order valence-electron chi connectivity index (χ4n) is 2.99. The Hall–Kier alpha value is -3.20. The Morgan fingerprint density at radius 2 is 1.84 bits per heavy atom. The van der Waals surface area contributed by atoms with Gasteiger partial charge in [0.15, 0.2) is 12.4 Å². The molecule has 0 aliphatic rings. The van der Waals surface area contributed by atoms with E-state index < -0.39 is 0 Å². The zero-order chi connectivity index (χ0) is 21.9. The first kappa shape index (κ1) is 22.5. The monoisotopic (exact) mass is 440 g/mol. The van der Waals surface area contributed by atoms with Gasteiger partial charge in [-0.2, -0.15) is 0 Å². The molecular formula is C22H26N5O3S+. The predicted octanol–water partition coefficient (Wildman–Crippen LogP) is 3.21. The molecule has 9 heteroatoms. The maximum Gasteiger partial charge on any atom is 0.276 e. The number of nitrogens with zero attached hydrogens (tertiary/aromatic N) is 3. The molecule has 2 amide bonds. The van der Waals surface area contributed by atoms with Crippen LogP contribution in [0.25, 0.3) is 0 Å². The van der Waals surface area contributed by atoms with Crippen molar-refractivity contribution in [3.63, 3.8) is 0 Å². The number of thioether (sulfide) groups is 1. The third-order valence-corrected chi connectivity index (χ3v) is 5.08. The molecule has 1 aromatic carbocycles. The minimum atomic E-state index is -0.320. The van der Waals surface area contributed by atoms with Crippen molar-refractivity contribution in [3.05, 3.63) is 66.3 Å². The van der Waals surface area contributed by atoms with Gasteiger partial charge >= 0.3 is 0 Å². The Morgan fingerprint density at radius 3 is 2.61 bits per heavy atom. The summed E-state index contributed by atoms with van der Waals surface area (Å²) in [6.07, 6.45) is 9.08. The highest BCUT2D eigenvalue weighted by Gasteiger charge is 2.14. The molecule has 0 saturated heterocycles. The number of aryl methyl sites for hydroxylation is 1. The van der Waals surface area contributed by atoms with Gasteiger partial charge in [0.1, 0.15) is 6.54 Å². The van der Waals surface area contributed by atoms with Crippen molar-refractivity contribution in [3.8, 4) is 0 Å².